The van der Waals surface area contributed by atoms with Gasteiger partial charge < -0.3 is 15.4 Å². The number of fused-ring (bicyclic) bond motifs is 3. The molecule has 2 aliphatic rings. The average Bonchev–Trinajstić information content (AvgIpc) is 3.22. The summed E-state index contributed by atoms with van der Waals surface area (Å²) < 4.78 is 99.1. The molecule has 0 spiro atoms. The number of anilines is 1. The smallest absolute Gasteiger partial charge is 0.409 e. The second kappa shape index (κ2) is 10.3. The summed E-state index contributed by atoms with van der Waals surface area (Å²) in [6.45, 7) is -1.50. The summed E-state index contributed by atoms with van der Waals surface area (Å²) in [5, 5.41) is 4.84. The highest BCUT2D eigenvalue weighted by Gasteiger charge is 2.41. The van der Waals surface area contributed by atoms with E-state index < -0.39 is 72.4 Å². The molecular weight excluding hydrogens is 587 g/mol. The topological polar surface area (TPSA) is 87.7 Å². The van der Waals surface area contributed by atoms with Crippen LogP contribution in [0.25, 0.3) is 0 Å². The zero-order valence-corrected chi connectivity index (χ0v) is 21.0. The highest BCUT2D eigenvalue weighted by atomic mass is 35.5. The van der Waals surface area contributed by atoms with Gasteiger partial charge in [0, 0.05) is 33.0 Å². The minimum atomic E-state index is -4.97. The molecule has 1 unspecified atom stereocenters. The first-order chi connectivity index (χ1) is 19.2. The molecule has 0 aromatic heterocycles. The van der Waals surface area contributed by atoms with E-state index in [9.17, 15) is 45.1 Å². The van der Waals surface area contributed by atoms with E-state index in [1.54, 1.807) is 0 Å². The largest absolute Gasteiger partial charge is 0.416 e. The van der Waals surface area contributed by atoms with E-state index in [4.69, 9.17) is 16.3 Å². The first kappa shape index (κ1) is 28.2. The van der Waals surface area contributed by atoms with Crippen molar-refractivity contribution in [1.29, 1.82) is 0 Å². The maximum absolute atomic E-state index is 14.1. The van der Waals surface area contributed by atoms with Crippen molar-refractivity contribution in [1.82, 2.24) is 10.2 Å². The molecule has 41 heavy (non-hydrogen) atoms. The van der Waals surface area contributed by atoms with Crippen molar-refractivity contribution in [3.8, 4) is 5.75 Å². The number of amides is 3. The molecule has 1 atom stereocenters. The van der Waals surface area contributed by atoms with Gasteiger partial charge in [-0.1, -0.05) is 11.6 Å². The van der Waals surface area contributed by atoms with Gasteiger partial charge in [0.15, 0.2) is 5.75 Å². The van der Waals surface area contributed by atoms with E-state index in [-0.39, 0.29) is 44.8 Å². The van der Waals surface area contributed by atoms with Crippen LogP contribution in [0.15, 0.2) is 42.5 Å². The molecular formula is C26H15ClF7N3O4. The number of carbonyl (C=O) groups is 3. The number of ether oxygens (including phenoxy) is 1. The fraction of sp³-hybridized carbons (Fsp3) is 0.192. The van der Waals surface area contributed by atoms with Crippen LogP contribution in [-0.2, 0) is 12.7 Å². The van der Waals surface area contributed by atoms with E-state index in [0.717, 1.165) is 12.1 Å². The highest BCUT2D eigenvalue weighted by Crippen LogP contribution is 2.46. The van der Waals surface area contributed by atoms with Gasteiger partial charge in [0.25, 0.3) is 18.2 Å². The quantitative estimate of drug-likeness (QED) is 0.336. The van der Waals surface area contributed by atoms with Crippen LogP contribution < -0.4 is 15.4 Å². The summed E-state index contributed by atoms with van der Waals surface area (Å²) in [6.07, 6.45) is -9.09. The van der Waals surface area contributed by atoms with Crippen LogP contribution in [0.5, 0.6) is 5.75 Å². The molecule has 2 N–H and O–H groups in total. The lowest BCUT2D eigenvalue weighted by Gasteiger charge is -2.29. The molecule has 2 heterocycles. The standard InChI is InChI=1S/C26H15ClF7N3O4/c27-16-2-1-13(28)7-15(16)21-19-17(35-23(38)10-3-12(26(32,33)34)6-14(29)4-10)5-11-8-37(9-18(30)31)25(40)41-22(11)20(19)24(39)36-21/h1-7,18,21H,8-9H2,(H,35,38)(H,36,39). The number of halogens is 8. The van der Waals surface area contributed by atoms with Crippen molar-refractivity contribution in [2.75, 3.05) is 11.9 Å². The maximum Gasteiger partial charge on any atom is 0.416 e. The molecule has 0 aliphatic carbocycles. The third kappa shape index (κ3) is 5.38. The number of benzene rings is 3. The predicted octanol–water partition coefficient (Wildman–Crippen LogP) is 6.30. The van der Waals surface area contributed by atoms with Crippen molar-refractivity contribution >= 4 is 35.2 Å². The van der Waals surface area contributed by atoms with Gasteiger partial charge in [-0.3, -0.25) is 14.5 Å². The van der Waals surface area contributed by atoms with Crippen molar-refractivity contribution in [2.45, 2.75) is 25.2 Å². The molecule has 0 fully saturated rings. The van der Waals surface area contributed by atoms with Gasteiger partial charge in [-0.2, -0.15) is 13.2 Å². The van der Waals surface area contributed by atoms with E-state index in [1.165, 1.54) is 12.1 Å². The molecule has 3 amide bonds. The van der Waals surface area contributed by atoms with Gasteiger partial charge in [0.2, 0.25) is 0 Å². The Bertz CT molecular complexity index is 1610. The Labute approximate surface area is 230 Å². The van der Waals surface area contributed by atoms with Crippen molar-refractivity contribution in [2.24, 2.45) is 0 Å². The number of hydrogen-bond acceptors (Lipinski definition) is 4. The highest BCUT2D eigenvalue weighted by molar-refractivity contribution is 6.31. The lowest BCUT2D eigenvalue weighted by Crippen LogP contribution is -2.40. The van der Waals surface area contributed by atoms with Gasteiger partial charge in [-0.15, -0.1) is 0 Å². The van der Waals surface area contributed by atoms with Crippen LogP contribution in [0.3, 0.4) is 0 Å². The molecule has 7 nitrogen and oxygen atoms in total. The Morgan fingerprint density at radius 3 is 2.51 bits per heavy atom. The number of rotatable bonds is 5. The number of hydrogen-bond donors (Lipinski definition) is 2. The molecule has 15 heteroatoms. The third-order valence-corrected chi connectivity index (χ3v) is 6.70. The fourth-order valence-electron chi connectivity index (χ4n) is 4.65. The molecule has 0 radical (unpaired) electrons. The minimum absolute atomic E-state index is 0.00402. The summed E-state index contributed by atoms with van der Waals surface area (Å²) in [5.41, 5.74) is -2.81. The van der Waals surface area contributed by atoms with Crippen molar-refractivity contribution in [3.05, 3.63) is 92.5 Å². The zero-order chi connectivity index (χ0) is 29.8. The van der Waals surface area contributed by atoms with Gasteiger partial charge in [-0.05, 0) is 42.5 Å². The first-order valence-electron chi connectivity index (χ1n) is 11.6. The molecule has 214 valence electrons. The summed E-state index contributed by atoms with van der Waals surface area (Å²) in [4.78, 5) is 39.3. The van der Waals surface area contributed by atoms with E-state index in [2.05, 4.69) is 10.6 Å². The van der Waals surface area contributed by atoms with Gasteiger partial charge in [0.05, 0.1) is 30.3 Å². The van der Waals surface area contributed by atoms with Gasteiger partial charge in [-0.25, -0.2) is 22.4 Å². The second-order valence-electron chi connectivity index (χ2n) is 9.09. The molecule has 2 aliphatic heterocycles. The Balaban J connectivity index is 1.66. The van der Waals surface area contributed by atoms with E-state index >= 15 is 0 Å². The number of nitrogens with one attached hydrogen (secondary N) is 2. The van der Waals surface area contributed by atoms with Crippen LogP contribution in [0, 0.1) is 11.6 Å². The van der Waals surface area contributed by atoms with Crippen LogP contribution in [0.4, 0.5) is 41.2 Å². The Morgan fingerprint density at radius 1 is 1.10 bits per heavy atom. The van der Waals surface area contributed by atoms with E-state index in [1.807, 2.05) is 0 Å². The zero-order valence-electron chi connectivity index (χ0n) is 20.2. The second-order valence-corrected chi connectivity index (χ2v) is 9.50. The number of nitrogens with zero attached hydrogens (tertiary/aromatic N) is 1. The summed E-state index contributed by atoms with van der Waals surface area (Å²) in [7, 11) is 0. The minimum Gasteiger partial charge on any atom is -0.409 e. The lowest BCUT2D eigenvalue weighted by atomic mass is 9.93. The Kier molecular flexibility index (Phi) is 7.05. The summed E-state index contributed by atoms with van der Waals surface area (Å²) >= 11 is 6.24. The fourth-order valence-corrected chi connectivity index (χ4v) is 4.88. The average molecular weight is 602 g/mol. The third-order valence-electron chi connectivity index (χ3n) is 6.36. The monoisotopic (exact) mass is 601 g/mol. The molecule has 0 saturated carbocycles. The molecule has 3 aromatic rings. The predicted molar refractivity (Wildman–Crippen MR) is 129 cm³/mol. The normalized spacial score (nSPS) is 16.3. The summed E-state index contributed by atoms with van der Waals surface area (Å²) in [5.74, 6) is -4.50. The van der Waals surface area contributed by atoms with Crippen LogP contribution in [0.1, 0.15) is 49.0 Å². The maximum atomic E-state index is 14.1. The lowest BCUT2D eigenvalue weighted by molar-refractivity contribution is -0.137. The van der Waals surface area contributed by atoms with Crippen molar-refractivity contribution < 1.29 is 49.9 Å². The van der Waals surface area contributed by atoms with Crippen molar-refractivity contribution in [3.63, 3.8) is 0 Å². The Morgan fingerprint density at radius 2 is 1.83 bits per heavy atom. The SMILES string of the molecule is O=C(Nc1cc2c(c3c1C(c1cc(F)ccc1Cl)NC3=O)OC(=O)N(CC(F)F)C2)c1cc(F)cc(C(F)(F)F)c1. The molecule has 0 bridgehead atoms. The molecule has 3 aromatic carbocycles. The van der Waals surface area contributed by atoms with E-state index in [0.29, 0.717) is 17.0 Å². The van der Waals surface area contributed by atoms with Gasteiger partial charge >= 0.3 is 12.3 Å². The van der Waals surface area contributed by atoms with Crippen LogP contribution in [0.2, 0.25) is 5.02 Å². The Hall–Kier alpha value is -4.33. The van der Waals surface area contributed by atoms with Gasteiger partial charge in [0.1, 0.15) is 11.6 Å². The first-order valence-corrected chi connectivity index (χ1v) is 12.0. The van der Waals surface area contributed by atoms with Crippen LogP contribution >= 0.6 is 11.6 Å². The molecule has 5 rings (SSSR count). The van der Waals surface area contributed by atoms with Crippen LogP contribution in [-0.4, -0.2) is 35.8 Å². The number of alkyl halides is 5. The summed E-state index contributed by atoms with van der Waals surface area (Å²) in [6, 6.07) is 4.31. The molecule has 0 saturated heterocycles. The number of carbonyl (C=O) groups excluding carboxylic acids is 3.